The summed E-state index contributed by atoms with van der Waals surface area (Å²) in [7, 11) is 0. The minimum Gasteiger partial charge on any atom is -0.335 e. The summed E-state index contributed by atoms with van der Waals surface area (Å²) in [5.41, 5.74) is 5.82. The number of urea groups is 1. The molecule has 6 nitrogen and oxygen atoms in total. The summed E-state index contributed by atoms with van der Waals surface area (Å²) in [6.45, 7) is 1.87. The van der Waals surface area contributed by atoms with E-state index >= 15 is 0 Å². The molecule has 3 amide bonds. The number of nitrogens with one attached hydrogen (secondary N) is 2. The third-order valence-corrected chi connectivity index (χ3v) is 3.07. The first-order valence-electron chi connectivity index (χ1n) is 6.22. The molecule has 1 heterocycles. The van der Waals surface area contributed by atoms with Crippen LogP contribution in [0.25, 0.3) is 0 Å². The zero-order valence-electron chi connectivity index (χ0n) is 9.95. The van der Waals surface area contributed by atoms with Crippen LogP contribution in [0.2, 0.25) is 0 Å². The number of rotatable bonds is 3. The van der Waals surface area contributed by atoms with Crippen LogP contribution < -0.4 is 16.4 Å². The van der Waals surface area contributed by atoms with Gasteiger partial charge in [-0.1, -0.05) is 0 Å². The number of hydrogen-bond acceptors (Lipinski definition) is 4. The molecule has 1 saturated carbocycles. The van der Waals surface area contributed by atoms with Crippen LogP contribution in [0.5, 0.6) is 0 Å². The van der Waals surface area contributed by atoms with Crippen LogP contribution in [0.1, 0.15) is 25.7 Å². The second-order valence-corrected chi connectivity index (χ2v) is 4.93. The van der Waals surface area contributed by atoms with Gasteiger partial charge in [-0.3, -0.25) is 15.0 Å². The summed E-state index contributed by atoms with van der Waals surface area (Å²) >= 11 is 0. The van der Waals surface area contributed by atoms with Crippen molar-refractivity contribution >= 4 is 11.9 Å². The number of nitrogens with two attached hydrogens (primary N) is 1. The van der Waals surface area contributed by atoms with Crippen molar-refractivity contribution in [2.24, 2.45) is 5.73 Å². The molecule has 2 rings (SSSR count). The van der Waals surface area contributed by atoms with Crippen LogP contribution >= 0.6 is 0 Å². The molecule has 1 saturated heterocycles. The van der Waals surface area contributed by atoms with Crippen molar-refractivity contribution < 1.29 is 9.59 Å². The van der Waals surface area contributed by atoms with E-state index in [-0.39, 0.29) is 30.6 Å². The number of imide groups is 1. The third kappa shape index (κ3) is 4.32. The van der Waals surface area contributed by atoms with Gasteiger partial charge in [0.25, 0.3) is 0 Å². The number of likely N-dealkylation sites (tertiary alicyclic amines) is 1. The van der Waals surface area contributed by atoms with E-state index in [1.807, 2.05) is 4.90 Å². The highest BCUT2D eigenvalue weighted by molar-refractivity contribution is 5.95. The SMILES string of the molecule is N[C@@H]1CCCN(CC(=O)NC(=O)NC2CC2)C1. The summed E-state index contributed by atoms with van der Waals surface area (Å²) in [6, 6.07) is 0.0434. The minimum atomic E-state index is -0.376. The van der Waals surface area contributed by atoms with E-state index in [1.54, 1.807) is 0 Å². The summed E-state index contributed by atoms with van der Waals surface area (Å²) in [6.07, 6.45) is 4.06. The molecule has 0 aromatic carbocycles. The van der Waals surface area contributed by atoms with Gasteiger partial charge in [0.2, 0.25) is 5.91 Å². The van der Waals surface area contributed by atoms with Gasteiger partial charge in [0, 0.05) is 18.6 Å². The fraction of sp³-hybridized carbons (Fsp3) is 0.818. The Morgan fingerprint density at radius 2 is 2.06 bits per heavy atom. The molecule has 2 fully saturated rings. The second kappa shape index (κ2) is 5.46. The topological polar surface area (TPSA) is 87.5 Å². The van der Waals surface area contributed by atoms with Gasteiger partial charge >= 0.3 is 6.03 Å². The van der Waals surface area contributed by atoms with E-state index in [0.717, 1.165) is 38.8 Å². The molecular formula is C11H20N4O2. The van der Waals surface area contributed by atoms with Crippen LogP contribution in [0.3, 0.4) is 0 Å². The van der Waals surface area contributed by atoms with Crippen molar-refractivity contribution in [1.29, 1.82) is 0 Å². The average molecular weight is 240 g/mol. The number of amides is 3. The van der Waals surface area contributed by atoms with Crippen molar-refractivity contribution in [3.05, 3.63) is 0 Å². The maximum atomic E-state index is 11.6. The fourth-order valence-electron chi connectivity index (χ4n) is 2.05. The second-order valence-electron chi connectivity index (χ2n) is 4.93. The zero-order chi connectivity index (χ0) is 12.3. The van der Waals surface area contributed by atoms with Crippen LogP contribution in [0, 0.1) is 0 Å². The average Bonchev–Trinajstić information content (AvgIpc) is 3.00. The predicted molar refractivity (Wildman–Crippen MR) is 63.3 cm³/mol. The van der Waals surface area contributed by atoms with Gasteiger partial charge in [0.15, 0.2) is 0 Å². The molecule has 17 heavy (non-hydrogen) atoms. The van der Waals surface area contributed by atoms with Gasteiger partial charge in [0.1, 0.15) is 0 Å². The first-order valence-corrected chi connectivity index (χ1v) is 6.22. The molecule has 1 aliphatic heterocycles. The summed E-state index contributed by atoms with van der Waals surface area (Å²) in [5, 5.41) is 5.06. The lowest BCUT2D eigenvalue weighted by Crippen LogP contribution is -2.49. The summed E-state index contributed by atoms with van der Waals surface area (Å²) in [5.74, 6) is -0.253. The Morgan fingerprint density at radius 1 is 1.29 bits per heavy atom. The lowest BCUT2D eigenvalue weighted by Gasteiger charge is -2.29. The van der Waals surface area contributed by atoms with Crippen LogP contribution in [0.15, 0.2) is 0 Å². The summed E-state index contributed by atoms with van der Waals surface area (Å²) in [4.78, 5) is 24.9. The molecule has 96 valence electrons. The Morgan fingerprint density at radius 3 is 2.71 bits per heavy atom. The molecule has 0 unspecified atom stereocenters. The van der Waals surface area contributed by atoms with Gasteiger partial charge in [0.05, 0.1) is 6.54 Å². The maximum absolute atomic E-state index is 11.6. The molecule has 1 aliphatic carbocycles. The van der Waals surface area contributed by atoms with Gasteiger partial charge in [-0.15, -0.1) is 0 Å². The highest BCUT2D eigenvalue weighted by Gasteiger charge is 2.24. The van der Waals surface area contributed by atoms with Crippen molar-refractivity contribution in [1.82, 2.24) is 15.5 Å². The largest absolute Gasteiger partial charge is 0.335 e. The third-order valence-electron chi connectivity index (χ3n) is 3.07. The van der Waals surface area contributed by atoms with Gasteiger partial charge < -0.3 is 11.1 Å². The quantitative estimate of drug-likeness (QED) is 0.614. The Balaban J connectivity index is 1.66. The van der Waals surface area contributed by atoms with Crippen LogP contribution in [-0.4, -0.2) is 48.6 Å². The summed E-state index contributed by atoms with van der Waals surface area (Å²) < 4.78 is 0. The number of carbonyl (C=O) groups excluding carboxylic acids is 2. The smallest absolute Gasteiger partial charge is 0.321 e. The minimum absolute atomic E-state index is 0.150. The lowest BCUT2D eigenvalue weighted by molar-refractivity contribution is -0.121. The van der Waals surface area contributed by atoms with Gasteiger partial charge in [-0.2, -0.15) is 0 Å². The standard InChI is InChI=1S/C11H20N4O2/c12-8-2-1-5-15(6-8)7-10(16)14-11(17)13-9-3-4-9/h8-9H,1-7,12H2,(H2,13,14,16,17)/t8-/m1/s1. The van der Waals surface area contributed by atoms with Gasteiger partial charge in [-0.05, 0) is 32.2 Å². The predicted octanol–water partition coefficient (Wildman–Crippen LogP) is -0.602. The highest BCUT2D eigenvalue weighted by atomic mass is 16.2. The fourth-order valence-corrected chi connectivity index (χ4v) is 2.05. The van der Waals surface area contributed by atoms with E-state index in [2.05, 4.69) is 10.6 Å². The zero-order valence-corrected chi connectivity index (χ0v) is 9.95. The lowest BCUT2D eigenvalue weighted by atomic mass is 10.1. The molecule has 0 aromatic heterocycles. The molecule has 0 bridgehead atoms. The molecule has 4 N–H and O–H groups in total. The number of hydrogen-bond donors (Lipinski definition) is 3. The van der Waals surface area contributed by atoms with E-state index in [9.17, 15) is 9.59 Å². The number of carbonyl (C=O) groups is 2. The van der Waals surface area contributed by atoms with E-state index < -0.39 is 0 Å². The van der Waals surface area contributed by atoms with E-state index in [0.29, 0.717) is 0 Å². The molecule has 0 radical (unpaired) electrons. The normalized spacial score (nSPS) is 25.4. The molecule has 6 heteroatoms. The Labute approximate surface area is 101 Å². The Hall–Kier alpha value is -1.14. The molecule has 1 atom stereocenters. The molecule has 0 aromatic rings. The van der Waals surface area contributed by atoms with Crippen molar-refractivity contribution in [2.45, 2.75) is 37.8 Å². The van der Waals surface area contributed by atoms with Crippen LogP contribution in [0.4, 0.5) is 4.79 Å². The molecule has 2 aliphatic rings. The van der Waals surface area contributed by atoms with Gasteiger partial charge in [-0.25, -0.2) is 4.79 Å². The Kier molecular flexibility index (Phi) is 3.96. The van der Waals surface area contributed by atoms with Crippen molar-refractivity contribution in [2.75, 3.05) is 19.6 Å². The van der Waals surface area contributed by atoms with E-state index in [4.69, 9.17) is 5.73 Å². The molecule has 0 spiro atoms. The van der Waals surface area contributed by atoms with Crippen molar-refractivity contribution in [3.8, 4) is 0 Å². The first-order chi connectivity index (χ1) is 8.13. The number of nitrogens with zero attached hydrogens (tertiary/aromatic N) is 1. The van der Waals surface area contributed by atoms with E-state index in [1.165, 1.54) is 0 Å². The molecular weight excluding hydrogens is 220 g/mol. The monoisotopic (exact) mass is 240 g/mol. The van der Waals surface area contributed by atoms with Crippen molar-refractivity contribution in [3.63, 3.8) is 0 Å². The maximum Gasteiger partial charge on any atom is 0.321 e. The number of piperidine rings is 1. The Bertz CT molecular complexity index is 304. The highest BCUT2D eigenvalue weighted by Crippen LogP contribution is 2.18. The van der Waals surface area contributed by atoms with Crippen LogP contribution in [-0.2, 0) is 4.79 Å². The first kappa shape index (κ1) is 12.3.